The van der Waals surface area contributed by atoms with Crippen molar-refractivity contribution in [1.29, 1.82) is 0 Å². The van der Waals surface area contributed by atoms with E-state index in [2.05, 4.69) is 6.92 Å². The quantitative estimate of drug-likeness (QED) is 0.708. The lowest BCUT2D eigenvalue weighted by atomic mass is 9.89. The Balaban J connectivity index is 2.14. The highest BCUT2D eigenvalue weighted by molar-refractivity contribution is 5.85. The number of esters is 1. The largest absolute Gasteiger partial charge is 0.467 e. The summed E-state index contributed by atoms with van der Waals surface area (Å²) in [5, 5.41) is 0. The van der Waals surface area contributed by atoms with Crippen LogP contribution in [0.15, 0.2) is 0 Å². The first-order valence-electron chi connectivity index (χ1n) is 7.06. The Kier molecular flexibility index (Phi) is 4.25. The number of carbonyl (C=O) groups is 2. The van der Waals surface area contributed by atoms with Crippen molar-refractivity contribution in [2.24, 2.45) is 5.92 Å². The van der Waals surface area contributed by atoms with Gasteiger partial charge in [0.2, 0.25) is 5.91 Å². The van der Waals surface area contributed by atoms with Crippen LogP contribution in [0.5, 0.6) is 0 Å². The van der Waals surface area contributed by atoms with Gasteiger partial charge < -0.3 is 9.64 Å². The molecule has 18 heavy (non-hydrogen) atoms. The van der Waals surface area contributed by atoms with Gasteiger partial charge >= 0.3 is 5.97 Å². The fourth-order valence-electron chi connectivity index (χ4n) is 3.40. The Labute approximate surface area is 109 Å². The molecule has 2 aliphatic heterocycles. The lowest BCUT2D eigenvalue weighted by Gasteiger charge is -2.33. The SMILES string of the molecule is CC[C@H]1CCCC(=O)N2[C@H](CC[C@H]2C(=O)OC)C1. The lowest BCUT2D eigenvalue weighted by molar-refractivity contribution is -0.152. The summed E-state index contributed by atoms with van der Waals surface area (Å²) >= 11 is 0. The number of fused-ring (bicyclic) bond motifs is 1. The maximum atomic E-state index is 12.2. The van der Waals surface area contributed by atoms with Crippen molar-refractivity contribution in [3.05, 3.63) is 0 Å². The Bertz CT molecular complexity index is 329. The van der Waals surface area contributed by atoms with Crippen LogP contribution < -0.4 is 0 Å². The molecule has 0 saturated carbocycles. The zero-order valence-corrected chi connectivity index (χ0v) is 11.4. The highest BCUT2D eigenvalue weighted by atomic mass is 16.5. The number of hydrogen-bond donors (Lipinski definition) is 0. The van der Waals surface area contributed by atoms with Crippen LogP contribution in [0.3, 0.4) is 0 Å². The molecule has 2 aliphatic rings. The van der Waals surface area contributed by atoms with Gasteiger partial charge in [0.05, 0.1) is 7.11 Å². The molecule has 0 N–H and O–H groups in total. The second-order valence-electron chi connectivity index (χ2n) is 5.47. The molecule has 0 radical (unpaired) electrons. The number of carbonyl (C=O) groups excluding carboxylic acids is 2. The van der Waals surface area contributed by atoms with Crippen LogP contribution in [-0.2, 0) is 14.3 Å². The number of ether oxygens (including phenoxy) is 1. The fraction of sp³-hybridized carbons (Fsp3) is 0.857. The second-order valence-corrected chi connectivity index (χ2v) is 5.47. The van der Waals surface area contributed by atoms with Gasteiger partial charge in [0.1, 0.15) is 6.04 Å². The summed E-state index contributed by atoms with van der Waals surface area (Å²) in [6.45, 7) is 2.21. The topological polar surface area (TPSA) is 46.6 Å². The molecular weight excluding hydrogens is 230 g/mol. The van der Waals surface area contributed by atoms with Gasteiger partial charge in [0.15, 0.2) is 0 Å². The minimum Gasteiger partial charge on any atom is -0.467 e. The molecule has 0 bridgehead atoms. The third-order valence-corrected chi connectivity index (χ3v) is 4.45. The van der Waals surface area contributed by atoms with Gasteiger partial charge in [-0.25, -0.2) is 4.79 Å². The molecule has 1 amide bonds. The van der Waals surface area contributed by atoms with E-state index in [4.69, 9.17) is 4.74 Å². The Morgan fingerprint density at radius 1 is 1.39 bits per heavy atom. The van der Waals surface area contributed by atoms with Crippen LogP contribution in [0, 0.1) is 5.92 Å². The van der Waals surface area contributed by atoms with E-state index < -0.39 is 0 Å². The van der Waals surface area contributed by atoms with E-state index in [0.29, 0.717) is 12.3 Å². The summed E-state index contributed by atoms with van der Waals surface area (Å²) in [4.78, 5) is 25.8. The third kappa shape index (κ3) is 2.52. The predicted octanol–water partition coefficient (Wildman–Crippen LogP) is 2.12. The smallest absolute Gasteiger partial charge is 0.328 e. The zero-order valence-electron chi connectivity index (χ0n) is 11.4. The van der Waals surface area contributed by atoms with Gasteiger partial charge in [-0.2, -0.15) is 0 Å². The first kappa shape index (κ1) is 13.4. The molecule has 3 atom stereocenters. The molecule has 102 valence electrons. The normalized spacial score (nSPS) is 32.7. The van der Waals surface area contributed by atoms with Gasteiger partial charge in [-0.3, -0.25) is 4.79 Å². The van der Waals surface area contributed by atoms with Crippen molar-refractivity contribution in [2.75, 3.05) is 7.11 Å². The molecule has 0 unspecified atom stereocenters. The third-order valence-electron chi connectivity index (χ3n) is 4.45. The van der Waals surface area contributed by atoms with Crippen LogP contribution in [0.4, 0.5) is 0 Å². The molecular formula is C14H23NO3. The van der Waals surface area contributed by atoms with E-state index >= 15 is 0 Å². The standard InChI is InChI=1S/C14H23NO3/c1-3-10-5-4-6-13(16)15-11(9-10)7-8-12(15)14(17)18-2/h10-12H,3-9H2,1-2H3/t10-,11+,12-/m0/s1. The second kappa shape index (κ2) is 5.72. The zero-order chi connectivity index (χ0) is 13.1. The molecule has 2 heterocycles. The predicted molar refractivity (Wildman–Crippen MR) is 67.9 cm³/mol. The Morgan fingerprint density at radius 3 is 2.83 bits per heavy atom. The van der Waals surface area contributed by atoms with Crippen molar-refractivity contribution in [3.8, 4) is 0 Å². The average Bonchev–Trinajstić information content (AvgIpc) is 2.77. The van der Waals surface area contributed by atoms with E-state index in [1.54, 1.807) is 0 Å². The molecule has 0 aliphatic carbocycles. The Morgan fingerprint density at radius 2 is 2.17 bits per heavy atom. The first-order chi connectivity index (χ1) is 8.67. The van der Waals surface area contributed by atoms with E-state index in [1.807, 2.05) is 4.90 Å². The van der Waals surface area contributed by atoms with E-state index in [1.165, 1.54) is 13.5 Å². The molecule has 2 saturated heterocycles. The van der Waals surface area contributed by atoms with Gasteiger partial charge in [-0.15, -0.1) is 0 Å². The molecule has 2 rings (SSSR count). The summed E-state index contributed by atoms with van der Waals surface area (Å²) in [5.74, 6) is 0.587. The van der Waals surface area contributed by atoms with Crippen LogP contribution in [-0.4, -0.2) is 36.0 Å². The summed E-state index contributed by atoms with van der Waals surface area (Å²) in [5.41, 5.74) is 0. The summed E-state index contributed by atoms with van der Waals surface area (Å²) < 4.78 is 4.82. The molecule has 0 aromatic rings. The molecule has 0 aromatic heterocycles. The van der Waals surface area contributed by atoms with Gasteiger partial charge in [-0.05, 0) is 38.0 Å². The van der Waals surface area contributed by atoms with Crippen LogP contribution in [0.25, 0.3) is 0 Å². The van der Waals surface area contributed by atoms with Crippen molar-refractivity contribution in [2.45, 2.75) is 64.0 Å². The summed E-state index contributed by atoms with van der Waals surface area (Å²) in [7, 11) is 1.40. The molecule has 0 aromatic carbocycles. The average molecular weight is 253 g/mol. The first-order valence-corrected chi connectivity index (χ1v) is 7.06. The molecule has 0 spiro atoms. The lowest BCUT2D eigenvalue weighted by Crippen LogP contribution is -2.46. The molecule has 4 heteroatoms. The molecule has 4 nitrogen and oxygen atoms in total. The highest BCUT2D eigenvalue weighted by Gasteiger charge is 2.42. The monoisotopic (exact) mass is 253 g/mol. The van der Waals surface area contributed by atoms with Crippen molar-refractivity contribution in [3.63, 3.8) is 0 Å². The molecule has 2 fully saturated rings. The Hall–Kier alpha value is -1.06. The maximum Gasteiger partial charge on any atom is 0.328 e. The number of methoxy groups -OCH3 is 1. The van der Waals surface area contributed by atoms with Crippen LogP contribution in [0.2, 0.25) is 0 Å². The number of hydrogen-bond acceptors (Lipinski definition) is 3. The van der Waals surface area contributed by atoms with Gasteiger partial charge in [0, 0.05) is 12.5 Å². The van der Waals surface area contributed by atoms with E-state index in [-0.39, 0.29) is 24.0 Å². The van der Waals surface area contributed by atoms with Crippen LogP contribution in [0.1, 0.15) is 51.9 Å². The van der Waals surface area contributed by atoms with Crippen molar-refractivity contribution < 1.29 is 14.3 Å². The number of amides is 1. The van der Waals surface area contributed by atoms with Gasteiger partial charge in [0.25, 0.3) is 0 Å². The van der Waals surface area contributed by atoms with Crippen molar-refractivity contribution >= 4 is 11.9 Å². The van der Waals surface area contributed by atoms with E-state index in [9.17, 15) is 9.59 Å². The van der Waals surface area contributed by atoms with Gasteiger partial charge in [-0.1, -0.05) is 13.3 Å². The summed E-state index contributed by atoms with van der Waals surface area (Å²) in [6.07, 6.45) is 6.61. The highest BCUT2D eigenvalue weighted by Crippen LogP contribution is 2.34. The van der Waals surface area contributed by atoms with Crippen molar-refractivity contribution in [1.82, 2.24) is 4.90 Å². The van der Waals surface area contributed by atoms with Crippen LogP contribution >= 0.6 is 0 Å². The maximum absolute atomic E-state index is 12.2. The minimum absolute atomic E-state index is 0.141. The minimum atomic E-state index is -0.330. The number of nitrogens with zero attached hydrogens (tertiary/aromatic N) is 1. The van der Waals surface area contributed by atoms with E-state index in [0.717, 1.165) is 32.1 Å². The fourth-order valence-corrected chi connectivity index (χ4v) is 3.40. The number of rotatable bonds is 2. The summed E-state index contributed by atoms with van der Waals surface area (Å²) in [6, 6.07) is -0.0741.